The number of hydrogen-bond acceptors (Lipinski definition) is 3. The predicted octanol–water partition coefficient (Wildman–Crippen LogP) is 2.86. The average Bonchev–Trinajstić information content (AvgIpc) is 2.40. The third-order valence-electron chi connectivity index (χ3n) is 4.07. The highest BCUT2D eigenvalue weighted by atomic mass is 35.5. The van der Waals surface area contributed by atoms with E-state index in [1.165, 1.54) is 0 Å². The lowest BCUT2D eigenvalue weighted by atomic mass is 9.73. The molecule has 0 heterocycles. The summed E-state index contributed by atoms with van der Waals surface area (Å²) in [5.41, 5.74) is 0.213. The largest absolute Gasteiger partial charge is 0.374 e. The number of halogens is 1. The van der Waals surface area contributed by atoms with Gasteiger partial charge in [0.2, 0.25) is 0 Å². The molecule has 4 heteroatoms. The molecule has 0 aliphatic heterocycles. The number of carbonyl (C=O) groups excluding carboxylic acids is 1. The molecule has 2 atom stereocenters. The predicted molar refractivity (Wildman–Crippen MR) is 76.5 cm³/mol. The van der Waals surface area contributed by atoms with Crippen LogP contribution in [0.5, 0.6) is 0 Å². The van der Waals surface area contributed by atoms with Crippen molar-refractivity contribution < 1.29 is 9.53 Å². The van der Waals surface area contributed by atoms with Gasteiger partial charge in [-0.15, -0.1) is 0 Å². The lowest BCUT2D eigenvalue weighted by Crippen LogP contribution is -2.55. The van der Waals surface area contributed by atoms with Crippen molar-refractivity contribution in [1.29, 1.82) is 0 Å². The van der Waals surface area contributed by atoms with E-state index >= 15 is 0 Å². The Morgan fingerprint density at radius 3 is 2.63 bits per heavy atom. The summed E-state index contributed by atoms with van der Waals surface area (Å²) in [5.74, 6) is 0.111. The smallest absolute Gasteiger partial charge is 0.186 e. The highest BCUT2D eigenvalue weighted by Crippen LogP contribution is 2.42. The second-order valence-electron chi connectivity index (χ2n) is 5.22. The van der Waals surface area contributed by atoms with Crippen molar-refractivity contribution >= 4 is 17.4 Å². The Balaban J connectivity index is 2.55. The molecule has 19 heavy (non-hydrogen) atoms. The normalized spacial score (nSPS) is 27.8. The van der Waals surface area contributed by atoms with Crippen LogP contribution in [0.3, 0.4) is 0 Å². The first-order chi connectivity index (χ1) is 9.04. The zero-order valence-electron chi connectivity index (χ0n) is 11.6. The molecule has 104 valence electrons. The summed E-state index contributed by atoms with van der Waals surface area (Å²) in [4.78, 5) is 14.8. The minimum Gasteiger partial charge on any atom is -0.374 e. The maximum absolute atomic E-state index is 12.8. The number of carbonyl (C=O) groups is 1. The Hall–Kier alpha value is -0.900. The van der Waals surface area contributed by atoms with Gasteiger partial charge in [0.05, 0.1) is 0 Å². The third kappa shape index (κ3) is 2.31. The van der Waals surface area contributed by atoms with E-state index in [0.717, 1.165) is 24.8 Å². The molecule has 0 N–H and O–H groups in total. The minimum atomic E-state index is -0.669. The molecule has 0 amide bonds. The highest BCUT2D eigenvalue weighted by Gasteiger charge is 2.48. The van der Waals surface area contributed by atoms with Gasteiger partial charge >= 0.3 is 0 Å². The number of Topliss-reactive ketones (excluding diaryl/α,β-unsaturated/α-hetero) is 1. The van der Waals surface area contributed by atoms with Gasteiger partial charge in [-0.2, -0.15) is 0 Å². The van der Waals surface area contributed by atoms with Crippen LogP contribution in [0.4, 0.5) is 0 Å². The van der Waals surface area contributed by atoms with Gasteiger partial charge in [-0.05, 0) is 45.0 Å². The number of nitrogens with zero attached hydrogens (tertiary/aromatic N) is 1. The molecule has 3 nitrogen and oxygen atoms in total. The number of methoxy groups -OCH3 is 1. The molecule has 1 aromatic carbocycles. The van der Waals surface area contributed by atoms with Gasteiger partial charge in [-0.3, -0.25) is 9.69 Å². The topological polar surface area (TPSA) is 29.5 Å². The van der Waals surface area contributed by atoms with Crippen LogP contribution < -0.4 is 0 Å². The molecule has 1 fully saturated rings. The summed E-state index contributed by atoms with van der Waals surface area (Å²) >= 11 is 6.33. The standard InChI is InChI=1S/C15H20ClNO2/c1-17(2)15(11-7-4-5-8-12(11)16)10-6-9-13(19-3)14(15)18/h4-5,7-8,13H,6,9-10H2,1-3H3. The first-order valence-electron chi connectivity index (χ1n) is 6.53. The van der Waals surface area contributed by atoms with Crippen molar-refractivity contribution in [1.82, 2.24) is 4.90 Å². The molecular formula is C15H20ClNO2. The number of ether oxygens (including phenoxy) is 1. The molecule has 0 spiro atoms. The Morgan fingerprint density at radius 1 is 1.37 bits per heavy atom. The fourth-order valence-corrected chi connectivity index (χ4v) is 3.33. The highest BCUT2D eigenvalue weighted by molar-refractivity contribution is 6.31. The molecule has 0 aromatic heterocycles. The van der Waals surface area contributed by atoms with Crippen LogP contribution in [0.2, 0.25) is 5.02 Å². The van der Waals surface area contributed by atoms with Gasteiger partial charge in [0.1, 0.15) is 11.6 Å². The van der Waals surface area contributed by atoms with E-state index < -0.39 is 5.54 Å². The van der Waals surface area contributed by atoms with E-state index in [1.807, 2.05) is 43.3 Å². The summed E-state index contributed by atoms with van der Waals surface area (Å²) in [5, 5.41) is 0.640. The average molecular weight is 282 g/mol. The second-order valence-corrected chi connectivity index (χ2v) is 5.62. The van der Waals surface area contributed by atoms with Gasteiger partial charge in [0.25, 0.3) is 0 Å². The van der Waals surface area contributed by atoms with E-state index in [0.29, 0.717) is 5.02 Å². The van der Waals surface area contributed by atoms with Crippen LogP contribution in [-0.2, 0) is 15.1 Å². The molecule has 1 saturated carbocycles. The second kappa shape index (κ2) is 5.61. The van der Waals surface area contributed by atoms with Gasteiger partial charge in [-0.1, -0.05) is 29.8 Å². The van der Waals surface area contributed by atoms with Crippen molar-refractivity contribution in [3.8, 4) is 0 Å². The van der Waals surface area contributed by atoms with Gasteiger partial charge in [0, 0.05) is 12.1 Å². The number of rotatable bonds is 3. The minimum absolute atomic E-state index is 0.111. The third-order valence-corrected chi connectivity index (χ3v) is 4.40. The quantitative estimate of drug-likeness (QED) is 0.853. The number of ketones is 1. The first-order valence-corrected chi connectivity index (χ1v) is 6.91. The molecule has 2 unspecified atom stereocenters. The number of likely N-dealkylation sites (N-methyl/N-ethyl adjacent to an activating group) is 1. The van der Waals surface area contributed by atoms with Crippen LogP contribution in [0.15, 0.2) is 24.3 Å². The van der Waals surface area contributed by atoms with Crippen molar-refractivity contribution in [2.75, 3.05) is 21.2 Å². The molecule has 1 aliphatic rings. The van der Waals surface area contributed by atoms with Gasteiger partial charge < -0.3 is 4.74 Å². The number of benzene rings is 1. The SMILES string of the molecule is COC1CCCC(c2ccccc2Cl)(N(C)C)C1=O. The first kappa shape index (κ1) is 14.5. The monoisotopic (exact) mass is 281 g/mol. The summed E-state index contributed by atoms with van der Waals surface area (Å²) in [6.45, 7) is 0. The zero-order valence-corrected chi connectivity index (χ0v) is 12.4. The molecule has 0 bridgehead atoms. The molecule has 2 rings (SSSR count). The fraction of sp³-hybridized carbons (Fsp3) is 0.533. The van der Waals surface area contributed by atoms with Crippen molar-refractivity contribution in [3.63, 3.8) is 0 Å². The van der Waals surface area contributed by atoms with E-state index in [4.69, 9.17) is 16.3 Å². The zero-order chi connectivity index (χ0) is 14.0. The summed E-state index contributed by atoms with van der Waals surface area (Å²) in [6.07, 6.45) is 2.18. The molecule has 0 radical (unpaired) electrons. The fourth-order valence-electron chi connectivity index (χ4n) is 3.04. The number of hydrogen-bond donors (Lipinski definition) is 0. The van der Waals surface area contributed by atoms with Crippen molar-refractivity contribution in [2.45, 2.75) is 30.9 Å². The maximum Gasteiger partial charge on any atom is 0.186 e. The lowest BCUT2D eigenvalue weighted by Gasteiger charge is -2.44. The Labute approximate surface area is 119 Å². The molecule has 1 aliphatic carbocycles. The van der Waals surface area contributed by atoms with E-state index in [9.17, 15) is 4.79 Å². The molecule has 0 saturated heterocycles. The van der Waals surface area contributed by atoms with E-state index in [1.54, 1.807) is 7.11 Å². The Kier molecular flexibility index (Phi) is 4.29. The van der Waals surface area contributed by atoms with Crippen molar-refractivity contribution in [2.24, 2.45) is 0 Å². The van der Waals surface area contributed by atoms with Crippen LogP contribution in [0, 0.1) is 0 Å². The lowest BCUT2D eigenvalue weighted by molar-refractivity contribution is -0.145. The van der Waals surface area contributed by atoms with Crippen molar-refractivity contribution in [3.05, 3.63) is 34.9 Å². The summed E-state index contributed by atoms with van der Waals surface area (Å²) in [6, 6.07) is 7.59. The maximum atomic E-state index is 12.8. The van der Waals surface area contributed by atoms with Crippen LogP contribution in [-0.4, -0.2) is 38.0 Å². The Bertz CT molecular complexity index is 475. The van der Waals surface area contributed by atoms with E-state index in [-0.39, 0.29) is 11.9 Å². The summed E-state index contributed by atoms with van der Waals surface area (Å²) < 4.78 is 5.35. The molecule has 1 aromatic rings. The Morgan fingerprint density at radius 2 is 2.05 bits per heavy atom. The van der Waals surface area contributed by atoms with Crippen LogP contribution in [0.25, 0.3) is 0 Å². The van der Waals surface area contributed by atoms with Crippen LogP contribution in [0.1, 0.15) is 24.8 Å². The van der Waals surface area contributed by atoms with Gasteiger partial charge in [0.15, 0.2) is 5.78 Å². The van der Waals surface area contributed by atoms with Crippen LogP contribution >= 0.6 is 11.6 Å². The molecular weight excluding hydrogens is 262 g/mol. The van der Waals surface area contributed by atoms with E-state index in [2.05, 4.69) is 0 Å². The summed E-state index contributed by atoms with van der Waals surface area (Å²) in [7, 11) is 5.46. The van der Waals surface area contributed by atoms with Gasteiger partial charge in [-0.25, -0.2) is 0 Å².